The Hall–Kier alpha value is -3.17. The van der Waals surface area contributed by atoms with Gasteiger partial charge in [-0.25, -0.2) is 22.2 Å². The number of benzene rings is 1. The monoisotopic (exact) mass is 455 g/mol. The number of thiophene rings is 1. The summed E-state index contributed by atoms with van der Waals surface area (Å²) in [6.45, 7) is 5.40. The van der Waals surface area contributed by atoms with E-state index >= 15 is 0 Å². The molecule has 0 aliphatic heterocycles. The van der Waals surface area contributed by atoms with Crippen molar-refractivity contribution in [2.24, 2.45) is 0 Å². The molecule has 1 aromatic carbocycles. The Kier molecular flexibility index (Phi) is 5.32. The van der Waals surface area contributed by atoms with Crippen molar-refractivity contribution in [3.63, 3.8) is 0 Å². The molecule has 1 amide bonds. The van der Waals surface area contributed by atoms with Gasteiger partial charge < -0.3 is 4.74 Å². The summed E-state index contributed by atoms with van der Waals surface area (Å²) >= 11 is 1.37. The average Bonchev–Trinajstić information content (AvgIpc) is 3.34. The molecule has 0 unspecified atom stereocenters. The topological polar surface area (TPSA) is 90.3 Å². The molecular weight excluding hydrogens is 434 g/mol. The smallest absolute Gasteiger partial charge is 0.412 e. The highest BCUT2D eigenvalue weighted by atomic mass is 32.2. The summed E-state index contributed by atoms with van der Waals surface area (Å²) in [5.41, 5.74) is 0.583. The predicted molar refractivity (Wildman–Crippen MR) is 122 cm³/mol. The van der Waals surface area contributed by atoms with Gasteiger partial charge in [-0.1, -0.05) is 18.2 Å². The Bertz CT molecular complexity index is 1350. The molecule has 0 saturated carbocycles. The van der Waals surface area contributed by atoms with Crippen molar-refractivity contribution in [1.82, 2.24) is 8.96 Å². The Morgan fingerprint density at radius 2 is 1.81 bits per heavy atom. The van der Waals surface area contributed by atoms with Crippen LogP contribution in [0.5, 0.6) is 0 Å². The number of nitrogens with zero attached hydrogens (tertiary/aromatic N) is 2. The number of anilines is 1. The SMILES string of the molecule is CC(C)(C)OC(=O)Nc1ccc(-c2ccnc3c2ccn3S(=O)(=O)c2ccccc2)s1. The molecule has 0 radical (unpaired) electrons. The van der Waals surface area contributed by atoms with Crippen LogP contribution in [0.3, 0.4) is 0 Å². The van der Waals surface area contributed by atoms with Gasteiger partial charge in [-0.3, -0.25) is 5.32 Å². The fourth-order valence-electron chi connectivity index (χ4n) is 3.08. The maximum absolute atomic E-state index is 13.1. The van der Waals surface area contributed by atoms with Gasteiger partial charge in [0.2, 0.25) is 0 Å². The Balaban J connectivity index is 1.68. The molecule has 9 heteroatoms. The number of aromatic nitrogens is 2. The number of nitrogens with one attached hydrogen (secondary N) is 1. The molecule has 4 aromatic rings. The summed E-state index contributed by atoms with van der Waals surface area (Å²) in [4.78, 5) is 17.4. The molecule has 0 spiro atoms. The van der Waals surface area contributed by atoms with E-state index in [9.17, 15) is 13.2 Å². The van der Waals surface area contributed by atoms with Crippen molar-refractivity contribution in [3.8, 4) is 10.4 Å². The van der Waals surface area contributed by atoms with E-state index in [4.69, 9.17) is 4.74 Å². The summed E-state index contributed by atoms with van der Waals surface area (Å²) in [5.74, 6) is 0. The summed E-state index contributed by atoms with van der Waals surface area (Å²) in [7, 11) is -3.77. The first-order chi connectivity index (χ1) is 14.6. The molecular formula is C22H21N3O4S2. The quantitative estimate of drug-likeness (QED) is 0.448. The van der Waals surface area contributed by atoms with Gasteiger partial charge in [0.05, 0.1) is 9.90 Å². The molecule has 4 rings (SSSR count). The first kappa shape index (κ1) is 21.1. The zero-order valence-corrected chi connectivity index (χ0v) is 18.8. The molecule has 3 aromatic heterocycles. The first-order valence-electron chi connectivity index (χ1n) is 9.52. The van der Waals surface area contributed by atoms with Gasteiger partial charge >= 0.3 is 6.09 Å². The molecule has 0 atom stereocenters. The normalized spacial score (nSPS) is 12.1. The van der Waals surface area contributed by atoms with Gasteiger partial charge in [0.15, 0.2) is 5.65 Å². The van der Waals surface area contributed by atoms with Crippen molar-refractivity contribution < 1.29 is 17.9 Å². The van der Waals surface area contributed by atoms with Crippen LogP contribution in [0.2, 0.25) is 0 Å². The highest BCUT2D eigenvalue weighted by Gasteiger charge is 2.21. The van der Waals surface area contributed by atoms with Crippen molar-refractivity contribution in [3.05, 3.63) is 67.0 Å². The minimum absolute atomic E-state index is 0.194. The molecule has 0 bridgehead atoms. The number of rotatable bonds is 4. The van der Waals surface area contributed by atoms with Crippen LogP contribution in [0.1, 0.15) is 20.8 Å². The number of hydrogen-bond acceptors (Lipinski definition) is 6. The summed E-state index contributed by atoms with van der Waals surface area (Å²) < 4.78 is 32.6. The Morgan fingerprint density at radius 1 is 1.06 bits per heavy atom. The number of hydrogen-bond donors (Lipinski definition) is 1. The lowest BCUT2D eigenvalue weighted by Gasteiger charge is -2.19. The van der Waals surface area contributed by atoms with Crippen LogP contribution in [0.15, 0.2) is 71.9 Å². The van der Waals surface area contributed by atoms with Gasteiger partial charge in [0.1, 0.15) is 5.60 Å². The third kappa shape index (κ3) is 4.33. The van der Waals surface area contributed by atoms with E-state index in [2.05, 4.69) is 10.3 Å². The Morgan fingerprint density at radius 3 is 2.52 bits per heavy atom. The van der Waals surface area contributed by atoms with Gasteiger partial charge in [-0.05, 0) is 57.2 Å². The van der Waals surface area contributed by atoms with E-state index in [0.717, 1.165) is 10.4 Å². The zero-order chi connectivity index (χ0) is 22.2. The second-order valence-corrected chi connectivity index (χ2v) is 10.7. The maximum atomic E-state index is 13.1. The van der Waals surface area contributed by atoms with Crippen LogP contribution in [-0.4, -0.2) is 29.1 Å². The van der Waals surface area contributed by atoms with Crippen molar-refractivity contribution in [2.45, 2.75) is 31.3 Å². The van der Waals surface area contributed by atoms with Gasteiger partial charge in [-0.2, -0.15) is 0 Å². The number of carbonyl (C=O) groups is 1. The number of ether oxygens (including phenoxy) is 1. The van der Waals surface area contributed by atoms with Crippen LogP contribution in [0.25, 0.3) is 21.5 Å². The van der Waals surface area contributed by atoms with E-state index in [-0.39, 0.29) is 4.90 Å². The molecule has 0 saturated heterocycles. The largest absolute Gasteiger partial charge is 0.444 e. The van der Waals surface area contributed by atoms with Gasteiger partial charge in [0, 0.05) is 28.2 Å². The van der Waals surface area contributed by atoms with Crippen LogP contribution in [-0.2, 0) is 14.8 Å². The number of carbonyl (C=O) groups excluding carboxylic acids is 1. The molecule has 0 fully saturated rings. The third-order valence-electron chi connectivity index (χ3n) is 4.35. The molecule has 31 heavy (non-hydrogen) atoms. The number of fused-ring (bicyclic) bond motifs is 1. The van der Waals surface area contributed by atoms with Crippen molar-refractivity contribution in [2.75, 3.05) is 5.32 Å². The highest BCUT2D eigenvalue weighted by Crippen LogP contribution is 2.36. The third-order valence-corrected chi connectivity index (χ3v) is 7.06. The lowest BCUT2D eigenvalue weighted by atomic mass is 10.1. The second kappa shape index (κ2) is 7.82. The van der Waals surface area contributed by atoms with E-state index in [1.807, 2.05) is 12.1 Å². The number of amides is 1. The minimum atomic E-state index is -3.77. The summed E-state index contributed by atoms with van der Waals surface area (Å²) in [5, 5.41) is 4.06. The van der Waals surface area contributed by atoms with Gasteiger partial charge in [-0.15, -0.1) is 11.3 Å². The molecule has 7 nitrogen and oxygen atoms in total. The van der Waals surface area contributed by atoms with E-state index in [1.54, 1.807) is 69.4 Å². The maximum Gasteiger partial charge on any atom is 0.412 e. The Labute approximate surface area is 184 Å². The fourth-order valence-corrected chi connectivity index (χ4v) is 5.34. The summed E-state index contributed by atoms with van der Waals surface area (Å²) in [6.07, 6.45) is 2.56. The van der Waals surface area contributed by atoms with E-state index in [0.29, 0.717) is 16.0 Å². The molecule has 0 aliphatic rings. The zero-order valence-electron chi connectivity index (χ0n) is 17.2. The minimum Gasteiger partial charge on any atom is -0.444 e. The van der Waals surface area contributed by atoms with E-state index in [1.165, 1.54) is 21.5 Å². The van der Waals surface area contributed by atoms with Crippen LogP contribution < -0.4 is 5.32 Å². The highest BCUT2D eigenvalue weighted by molar-refractivity contribution is 7.90. The number of pyridine rings is 1. The van der Waals surface area contributed by atoms with Crippen LogP contribution >= 0.6 is 11.3 Å². The van der Waals surface area contributed by atoms with Crippen LogP contribution in [0, 0.1) is 0 Å². The lowest BCUT2D eigenvalue weighted by molar-refractivity contribution is 0.0636. The second-order valence-electron chi connectivity index (χ2n) is 7.82. The van der Waals surface area contributed by atoms with Crippen molar-refractivity contribution in [1.29, 1.82) is 0 Å². The van der Waals surface area contributed by atoms with Crippen molar-refractivity contribution >= 4 is 43.5 Å². The van der Waals surface area contributed by atoms with Gasteiger partial charge in [0.25, 0.3) is 10.0 Å². The fraction of sp³-hybridized carbons (Fsp3) is 0.182. The van der Waals surface area contributed by atoms with E-state index < -0.39 is 21.7 Å². The molecule has 160 valence electrons. The first-order valence-corrected chi connectivity index (χ1v) is 11.8. The standard InChI is InChI=1S/C22H21N3O4S2/c1-22(2,3)29-21(26)24-19-10-9-18(30-19)16-11-13-23-20-17(16)12-14-25(20)31(27,28)15-7-5-4-6-8-15/h4-14H,1-3H3,(H,24,26). The summed E-state index contributed by atoms with van der Waals surface area (Å²) in [6, 6.07) is 15.5. The lowest BCUT2D eigenvalue weighted by Crippen LogP contribution is -2.26. The average molecular weight is 456 g/mol. The molecule has 1 N–H and O–H groups in total. The van der Waals surface area contributed by atoms with Crippen LogP contribution in [0.4, 0.5) is 9.80 Å². The predicted octanol–water partition coefficient (Wildman–Crippen LogP) is 5.35. The molecule has 3 heterocycles. The molecule has 0 aliphatic carbocycles.